The van der Waals surface area contributed by atoms with E-state index in [4.69, 9.17) is 24.1 Å². The third-order valence-corrected chi connectivity index (χ3v) is 8.41. The Morgan fingerprint density at radius 2 is 1.30 bits per heavy atom. The van der Waals surface area contributed by atoms with E-state index in [1.54, 1.807) is 0 Å². The van der Waals surface area contributed by atoms with Crippen molar-refractivity contribution in [2.24, 2.45) is 0 Å². The first-order chi connectivity index (χ1) is 21.7. The number of aromatic nitrogens is 3. The summed E-state index contributed by atoms with van der Waals surface area (Å²) in [7, 11) is 0. The van der Waals surface area contributed by atoms with Crippen molar-refractivity contribution in [3.8, 4) is 51.0 Å². The molecule has 0 radical (unpaired) electrons. The topological polar surface area (TPSA) is 61.0 Å². The number of nitrogens with zero attached hydrogens (tertiary/aromatic N) is 3. The zero-order chi connectivity index (χ0) is 29.6. The summed E-state index contributed by atoms with van der Waals surface area (Å²) in [5.41, 5.74) is 7.78. The molecule has 0 N–H and O–H groups in total. The summed E-state index contributed by atoms with van der Waals surface area (Å²) in [6, 6.07) is 39.0. The van der Waals surface area contributed by atoms with Crippen LogP contribution in [-0.2, 0) is 0 Å². The molecule has 1 aliphatic heterocycles. The molecule has 44 heavy (non-hydrogen) atoms. The number of rotatable bonds is 5. The molecule has 0 bridgehead atoms. The summed E-state index contributed by atoms with van der Waals surface area (Å²) in [5.74, 6) is 2.87. The van der Waals surface area contributed by atoms with Crippen molar-refractivity contribution < 1.29 is 9.15 Å². The van der Waals surface area contributed by atoms with Crippen LogP contribution in [0.25, 0.3) is 67.2 Å². The number of hydrogen-bond donors (Lipinski definition) is 0. The molecule has 212 valence electrons. The molecule has 0 saturated heterocycles. The number of allylic oxidation sites excluding steroid dienone is 1. The van der Waals surface area contributed by atoms with E-state index in [2.05, 4.69) is 67.6 Å². The van der Waals surface area contributed by atoms with Gasteiger partial charge in [-0.15, -0.1) is 0 Å². The summed E-state index contributed by atoms with van der Waals surface area (Å²) in [6.07, 6.45) is 4.12. The van der Waals surface area contributed by atoms with E-state index < -0.39 is 0 Å². The van der Waals surface area contributed by atoms with E-state index in [9.17, 15) is 0 Å². The van der Waals surface area contributed by atoms with Crippen LogP contribution in [-0.4, -0.2) is 21.1 Å². The third-order valence-electron chi connectivity index (χ3n) is 8.41. The summed E-state index contributed by atoms with van der Waals surface area (Å²) in [4.78, 5) is 15.2. The van der Waals surface area contributed by atoms with Gasteiger partial charge in [0.25, 0.3) is 0 Å². The molecule has 2 aromatic heterocycles. The normalized spacial score (nSPS) is 16.0. The monoisotopic (exact) mass is 571 g/mol. The zero-order valence-corrected chi connectivity index (χ0v) is 24.4. The average Bonchev–Trinajstić information content (AvgIpc) is 3.62. The molecule has 5 aromatic carbocycles. The van der Waals surface area contributed by atoms with Gasteiger partial charge in [0.2, 0.25) is 0 Å². The average molecular weight is 572 g/mol. The SMILES string of the molecule is C/C=C\C1Oc2cccc(-c3nc(-c4ccccc4)nc(-c4cccc5oc6cc(-c7ccccc7)ccc6c45)n3)c2C1C. The second-order valence-electron chi connectivity index (χ2n) is 11.1. The Kier molecular flexibility index (Phi) is 6.30. The Hall–Kier alpha value is -5.55. The molecule has 2 unspecified atom stereocenters. The molecule has 1 aliphatic rings. The molecular formula is C39H29N3O2. The number of hydrogen-bond acceptors (Lipinski definition) is 5. The maximum atomic E-state index is 6.42. The Morgan fingerprint density at radius 3 is 2.07 bits per heavy atom. The van der Waals surface area contributed by atoms with Gasteiger partial charge in [-0.25, -0.2) is 15.0 Å². The molecule has 5 heteroatoms. The van der Waals surface area contributed by atoms with Crippen LogP contribution in [0.5, 0.6) is 5.75 Å². The van der Waals surface area contributed by atoms with Crippen molar-refractivity contribution >= 4 is 21.9 Å². The van der Waals surface area contributed by atoms with Crippen LogP contribution < -0.4 is 4.74 Å². The largest absolute Gasteiger partial charge is 0.485 e. The van der Waals surface area contributed by atoms with Gasteiger partial charge in [0.05, 0.1) is 0 Å². The van der Waals surface area contributed by atoms with E-state index in [-0.39, 0.29) is 12.0 Å². The van der Waals surface area contributed by atoms with E-state index in [0.29, 0.717) is 17.5 Å². The van der Waals surface area contributed by atoms with Gasteiger partial charge in [0.1, 0.15) is 23.0 Å². The Labute approximate surface area is 255 Å². The van der Waals surface area contributed by atoms with E-state index in [1.165, 1.54) is 0 Å². The number of ether oxygens (including phenoxy) is 1. The highest BCUT2D eigenvalue weighted by molar-refractivity contribution is 6.12. The van der Waals surface area contributed by atoms with Crippen LogP contribution in [0, 0.1) is 0 Å². The predicted octanol–water partition coefficient (Wildman–Crippen LogP) is 9.88. The van der Waals surface area contributed by atoms with Gasteiger partial charge in [-0.2, -0.15) is 0 Å². The first-order valence-electron chi connectivity index (χ1n) is 14.9. The molecule has 2 atom stereocenters. The fourth-order valence-electron chi connectivity index (χ4n) is 6.28. The van der Waals surface area contributed by atoms with Crippen molar-refractivity contribution in [2.45, 2.75) is 25.9 Å². The van der Waals surface area contributed by atoms with Crippen LogP contribution in [0.15, 0.2) is 132 Å². The predicted molar refractivity (Wildman–Crippen MR) is 176 cm³/mol. The third kappa shape index (κ3) is 4.36. The number of benzene rings is 5. The van der Waals surface area contributed by atoms with Crippen molar-refractivity contribution in [3.63, 3.8) is 0 Å². The highest BCUT2D eigenvalue weighted by Crippen LogP contribution is 2.44. The maximum Gasteiger partial charge on any atom is 0.164 e. The lowest BCUT2D eigenvalue weighted by atomic mass is 9.92. The van der Waals surface area contributed by atoms with Gasteiger partial charge in [0.15, 0.2) is 17.5 Å². The van der Waals surface area contributed by atoms with Crippen molar-refractivity contribution in [1.82, 2.24) is 15.0 Å². The lowest BCUT2D eigenvalue weighted by molar-refractivity contribution is 0.261. The highest BCUT2D eigenvalue weighted by Gasteiger charge is 2.32. The van der Waals surface area contributed by atoms with Crippen molar-refractivity contribution in [3.05, 3.63) is 133 Å². The summed E-state index contributed by atoms with van der Waals surface area (Å²) in [6.45, 7) is 4.22. The lowest BCUT2D eigenvalue weighted by Crippen LogP contribution is -2.13. The van der Waals surface area contributed by atoms with Gasteiger partial charge in [-0.05, 0) is 48.4 Å². The minimum Gasteiger partial charge on any atom is -0.485 e. The summed E-state index contributed by atoms with van der Waals surface area (Å²) < 4.78 is 12.7. The van der Waals surface area contributed by atoms with Crippen LogP contribution >= 0.6 is 0 Å². The molecular weight excluding hydrogens is 542 g/mol. The summed E-state index contributed by atoms with van der Waals surface area (Å²) >= 11 is 0. The van der Waals surface area contributed by atoms with Crippen LogP contribution in [0.4, 0.5) is 0 Å². The molecule has 0 fully saturated rings. The van der Waals surface area contributed by atoms with Crippen LogP contribution in [0.2, 0.25) is 0 Å². The van der Waals surface area contributed by atoms with Crippen molar-refractivity contribution in [2.75, 3.05) is 0 Å². The molecule has 3 heterocycles. The minimum atomic E-state index is -0.0297. The second kappa shape index (κ2) is 10.6. The Balaban J connectivity index is 1.34. The Morgan fingerprint density at radius 1 is 0.614 bits per heavy atom. The molecule has 0 spiro atoms. The highest BCUT2D eigenvalue weighted by atomic mass is 16.5. The smallest absolute Gasteiger partial charge is 0.164 e. The van der Waals surface area contributed by atoms with Gasteiger partial charge in [-0.1, -0.05) is 104 Å². The van der Waals surface area contributed by atoms with Gasteiger partial charge >= 0.3 is 0 Å². The van der Waals surface area contributed by atoms with E-state index >= 15 is 0 Å². The Bertz CT molecular complexity index is 2190. The number of fused-ring (bicyclic) bond motifs is 4. The van der Waals surface area contributed by atoms with Crippen molar-refractivity contribution in [1.29, 1.82) is 0 Å². The molecule has 5 nitrogen and oxygen atoms in total. The minimum absolute atomic E-state index is 0.0297. The maximum absolute atomic E-state index is 6.42. The lowest BCUT2D eigenvalue weighted by Gasteiger charge is -2.13. The fraction of sp³-hybridized carbons (Fsp3) is 0.103. The first kappa shape index (κ1) is 26.1. The molecule has 0 aliphatic carbocycles. The van der Waals surface area contributed by atoms with Gasteiger partial charge in [-0.3, -0.25) is 0 Å². The fourth-order valence-corrected chi connectivity index (χ4v) is 6.28. The second-order valence-corrected chi connectivity index (χ2v) is 11.1. The van der Waals surface area contributed by atoms with Gasteiger partial charge < -0.3 is 9.15 Å². The molecule has 0 amide bonds. The van der Waals surface area contributed by atoms with E-state index in [1.807, 2.05) is 73.7 Å². The molecule has 7 aromatic rings. The standard InChI is InChI=1S/C39H29N3O2/c1-3-12-31-24(2)35-29(17-10-19-32(35)43-31)38-40-37(26-15-8-5-9-16-26)41-39(42-38)30-18-11-20-33-36(30)28-22-21-27(23-34(28)44-33)25-13-6-4-7-14-25/h3-24,31H,1-2H3/b12-3-. The molecule has 8 rings (SSSR count). The summed E-state index contributed by atoms with van der Waals surface area (Å²) in [5, 5.41) is 2.01. The van der Waals surface area contributed by atoms with Gasteiger partial charge in [0, 0.05) is 38.9 Å². The molecule has 0 saturated carbocycles. The van der Waals surface area contributed by atoms with Crippen LogP contribution in [0.1, 0.15) is 25.3 Å². The quantitative estimate of drug-likeness (QED) is 0.192. The van der Waals surface area contributed by atoms with Crippen LogP contribution in [0.3, 0.4) is 0 Å². The van der Waals surface area contributed by atoms with E-state index in [0.717, 1.165) is 61.1 Å². The number of furan rings is 1. The first-order valence-corrected chi connectivity index (χ1v) is 14.9. The zero-order valence-electron chi connectivity index (χ0n) is 24.4.